The first-order valence-electron chi connectivity index (χ1n) is 9.07. The van der Waals surface area contributed by atoms with E-state index in [2.05, 4.69) is 0 Å². The highest BCUT2D eigenvalue weighted by Gasteiger charge is 2.45. The Bertz CT molecular complexity index is 774. The SMILES string of the molecule is CN1C(=N)C[C@](C)(C2CCCN(S(=O)(=O)Cc3ccccc3)C2)CC1=O. The van der Waals surface area contributed by atoms with Gasteiger partial charge in [0, 0.05) is 33.0 Å². The molecule has 1 unspecified atom stereocenters. The van der Waals surface area contributed by atoms with Gasteiger partial charge in [-0.2, -0.15) is 0 Å². The molecule has 6 nitrogen and oxygen atoms in total. The number of amidine groups is 1. The van der Waals surface area contributed by atoms with E-state index in [1.165, 1.54) is 4.90 Å². The van der Waals surface area contributed by atoms with Crippen molar-refractivity contribution in [2.24, 2.45) is 11.3 Å². The van der Waals surface area contributed by atoms with E-state index in [1.807, 2.05) is 37.3 Å². The molecule has 142 valence electrons. The van der Waals surface area contributed by atoms with Crippen LogP contribution in [0.1, 0.15) is 38.2 Å². The lowest BCUT2D eigenvalue weighted by Gasteiger charge is -2.46. The quantitative estimate of drug-likeness (QED) is 0.875. The van der Waals surface area contributed by atoms with Gasteiger partial charge in [0.05, 0.1) is 5.75 Å². The second kappa shape index (κ2) is 7.12. The molecule has 1 aromatic rings. The third-order valence-corrected chi connectivity index (χ3v) is 7.68. The first-order valence-corrected chi connectivity index (χ1v) is 10.7. The molecule has 2 fully saturated rings. The summed E-state index contributed by atoms with van der Waals surface area (Å²) in [6.45, 7) is 3.01. The first-order chi connectivity index (χ1) is 12.2. The second-order valence-electron chi connectivity index (χ2n) is 7.85. The van der Waals surface area contributed by atoms with Gasteiger partial charge in [0.15, 0.2) is 0 Å². The summed E-state index contributed by atoms with van der Waals surface area (Å²) in [7, 11) is -1.75. The molecule has 0 radical (unpaired) electrons. The normalized spacial score (nSPS) is 28.4. The van der Waals surface area contributed by atoms with Gasteiger partial charge in [-0.1, -0.05) is 37.3 Å². The summed E-state index contributed by atoms with van der Waals surface area (Å²) in [5.41, 5.74) is 0.443. The Morgan fingerprint density at radius 2 is 1.92 bits per heavy atom. The molecule has 2 saturated heterocycles. The van der Waals surface area contributed by atoms with Crippen molar-refractivity contribution in [1.82, 2.24) is 9.21 Å². The predicted octanol–water partition coefficient (Wildman–Crippen LogP) is 2.46. The van der Waals surface area contributed by atoms with E-state index in [9.17, 15) is 13.2 Å². The van der Waals surface area contributed by atoms with Crippen LogP contribution >= 0.6 is 0 Å². The Labute approximate surface area is 155 Å². The highest BCUT2D eigenvalue weighted by atomic mass is 32.2. The molecular formula is C19H27N3O3S. The van der Waals surface area contributed by atoms with Crippen LogP contribution in [0.15, 0.2) is 30.3 Å². The van der Waals surface area contributed by atoms with Crippen LogP contribution in [-0.4, -0.2) is 49.5 Å². The van der Waals surface area contributed by atoms with Crippen molar-refractivity contribution < 1.29 is 13.2 Å². The van der Waals surface area contributed by atoms with Crippen molar-refractivity contribution in [3.8, 4) is 0 Å². The number of likely N-dealkylation sites (tertiary alicyclic amines) is 1. The lowest BCUT2D eigenvalue weighted by atomic mass is 9.67. The van der Waals surface area contributed by atoms with Crippen LogP contribution in [0.2, 0.25) is 0 Å². The molecule has 0 saturated carbocycles. The highest BCUT2D eigenvalue weighted by molar-refractivity contribution is 7.88. The fourth-order valence-corrected chi connectivity index (χ4v) is 5.72. The maximum atomic E-state index is 12.9. The van der Waals surface area contributed by atoms with E-state index in [0.29, 0.717) is 31.8 Å². The van der Waals surface area contributed by atoms with Gasteiger partial charge in [0.1, 0.15) is 5.84 Å². The summed E-state index contributed by atoms with van der Waals surface area (Å²) >= 11 is 0. The third kappa shape index (κ3) is 3.83. The Balaban J connectivity index is 1.75. The lowest BCUT2D eigenvalue weighted by molar-refractivity contribution is -0.131. The smallest absolute Gasteiger partial charge is 0.228 e. The van der Waals surface area contributed by atoms with E-state index in [1.54, 1.807) is 11.4 Å². The van der Waals surface area contributed by atoms with E-state index in [4.69, 9.17) is 5.41 Å². The summed E-state index contributed by atoms with van der Waals surface area (Å²) in [5, 5.41) is 8.09. The van der Waals surface area contributed by atoms with Crippen LogP contribution in [0.3, 0.4) is 0 Å². The Morgan fingerprint density at radius 1 is 1.23 bits per heavy atom. The summed E-state index contributed by atoms with van der Waals surface area (Å²) in [5.74, 6) is 0.384. The molecule has 1 amide bonds. The van der Waals surface area contributed by atoms with E-state index in [-0.39, 0.29) is 23.0 Å². The molecule has 26 heavy (non-hydrogen) atoms. The zero-order valence-electron chi connectivity index (χ0n) is 15.4. The monoisotopic (exact) mass is 377 g/mol. The molecule has 0 bridgehead atoms. The van der Waals surface area contributed by atoms with Crippen molar-refractivity contribution in [1.29, 1.82) is 5.41 Å². The molecule has 2 aliphatic rings. The third-order valence-electron chi connectivity index (χ3n) is 5.86. The van der Waals surface area contributed by atoms with E-state index >= 15 is 0 Å². The molecule has 1 N–H and O–H groups in total. The minimum absolute atomic E-state index is 0.00869. The van der Waals surface area contributed by atoms with Crippen LogP contribution in [0.5, 0.6) is 0 Å². The van der Waals surface area contributed by atoms with Crippen LogP contribution < -0.4 is 0 Å². The van der Waals surface area contributed by atoms with Gasteiger partial charge in [-0.3, -0.25) is 10.2 Å². The minimum Gasteiger partial charge on any atom is -0.304 e. The van der Waals surface area contributed by atoms with Crippen molar-refractivity contribution in [2.45, 2.75) is 38.4 Å². The Kier molecular flexibility index (Phi) is 5.21. The fourth-order valence-electron chi connectivity index (χ4n) is 4.11. The number of hydrogen-bond donors (Lipinski definition) is 1. The van der Waals surface area contributed by atoms with Crippen LogP contribution in [-0.2, 0) is 20.6 Å². The molecule has 0 aliphatic carbocycles. The number of nitrogens with one attached hydrogen (secondary N) is 1. The number of carbonyl (C=O) groups is 1. The number of hydrogen-bond acceptors (Lipinski definition) is 4. The molecule has 1 aromatic carbocycles. The van der Waals surface area contributed by atoms with Crippen LogP contribution in [0.25, 0.3) is 0 Å². The number of piperidine rings is 2. The Hall–Kier alpha value is -1.73. The van der Waals surface area contributed by atoms with E-state index in [0.717, 1.165) is 18.4 Å². The first kappa shape index (κ1) is 19.0. The standard InChI is InChI=1S/C19H27N3O3S/c1-19(11-17(20)21(2)18(23)12-19)16-9-6-10-22(13-16)26(24,25)14-15-7-4-3-5-8-15/h3-5,7-8,16,20H,6,9-14H2,1-2H3/t16?,19-/m0/s1. The fraction of sp³-hybridized carbons (Fsp3) is 0.579. The van der Waals surface area contributed by atoms with Gasteiger partial charge in [-0.15, -0.1) is 0 Å². The van der Waals surface area contributed by atoms with Gasteiger partial charge in [0.25, 0.3) is 0 Å². The van der Waals surface area contributed by atoms with Gasteiger partial charge >= 0.3 is 0 Å². The summed E-state index contributed by atoms with van der Waals surface area (Å²) in [6.07, 6.45) is 2.60. The maximum Gasteiger partial charge on any atom is 0.228 e. The number of nitrogens with zero attached hydrogens (tertiary/aromatic N) is 2. The van der Waals surface area contributed by atoms with Crippen molar-refractivity contribution in [2.75, 3.05) is 20.1 Å². The number of rotatable bonds is 4. The maximum absolute atomic E-state index is 12.9. The summed E-state index contributed by atoms with van der Waals surface area (Å²) in [4.78, 5) is 13.6. The van der Waals surface area contributed by atoms with Crippen molar-refractivity contribution in [3.05, 3.63) is 35.9 Å². The molecular weight excluding hydrogens is 350 g/mol. The minimum atomic E-state index is -3.39. The van der Waals surface area contributed by atoms with Gasteiger partial charge in [0.2, 0.25) is 15.9 Å². The number of amides is 1. The molecule has 3 rings (SSSR count). The molecule has 0 aromatic heterocycles. The average molecular weight is 378 g/mol. The molecule has 2 aliphatic heterocycles. The zero-order valence-corrected chi connectivity index (χ0v) is 16.3. The van der Waals surface area contributed by atoms with Crippen molar-refractivity contribution in [3.63, 3.8) is 0 Å². The average Bonchev–Trinajstić information content (AvgIpc) is 2.60. The van der Waals surface area contributed by atoms with Gasteiger partial charge < -0.3 is 4.90 Å². The Morgan fingerprint density at radius 3 is 2.58 bits per heavy atom. The lowest BCUT2D eigenvalue weighted by Crippen LogP contribution is -2.51. The molecule has 7 heteroatoms. The topological polar surface area (TPSA) is 81.5 Å². The molecule has 0 spiro atoms. The van der Waals surface area contributed by atoms with E-state index < -0.39 is 10.0 Å². The van der Waals surface area contributed by atoms with Gasteiger partial charge in [-0.25, -0.2) is 12.7 Å². The summed E-state index contributed by atoms with van der Waals surface area (Å²) in [6, 6.07) is 9.23. The van der Waals surface area contributed by atoms with Crippen molar-refractivity contribution >= 4 is 21.8 Å². The highest BCUT2D eigenvalue weighted by Crippen LogP contribution is 2.43. The van der Waals surface area contributed by atoms with Gasteiger partial charge in [-0.05, 0) is 29.7 Å². The number of carbonyl (C=O) groups excluding carboxylic acids is 1. The largest absolute Gasteiger partial charge is 0.304 e. The second-order valence-corrected chi connectivity index (χ2v) is 9.81. The predicted molar refractivity (Wildman–Crippen MR) is 101 cm³/mol. The summed E-state index contributed by atoms with van der Waals surface area (Å²) < 4.78 is 27.3. The van der Waals surface area contributed by atoms with Crippen LogP contribution in [0, 0.1) is 16.7 Å². The zero-order chi connectivity index (χ0) is 18.9. The number of sulfonamides is 1. The number of benzene rings is 1. The molecule has 2 heterocycles. The van der Waals surface area contributed by atoms with Crippen LogP contribution in [0.4, 0.5) is 0 Å². The molecule has 2 atom stereocenters.